The molecule has 148 valence electrons. The van der Waals surface area contributed by atoms with E-state index in [9.17, 15) is 4.79 Å². The maximum atomic E-state index is 12.9. The maximum absolute atomic E-state index is 12.9. The SMILES string of the molecule is Cn1cccc1C(=O)N1CCC2(CC1)CC(c1ccccc1)CN(C1CC1)C2. The largest absolute Gasteiger partial charge is 0.347 e. The fraction of sp³-hybridized carbons (Fsp3) is 0.542. The number of nitrogens with zero attached hydrogens (tertiary/aromatic N) is 3. The average molecular weight is 378 g/mol. The standard InChI is InChI=1S/C24H31N3O/c1-25-13-5-8-22(25)23(28)26-14-11-24(12-15-26)16-20(19-6-3-2-4-7-19)17-27(18-24)21-9-10-21/h2-8,13,20-21H,9-12,14-18H2,1H3. The van der Waals surface area contributed by atoms with Crippen LogP contribution in [0.25, 0.3) is 0 Å². The molecule has 2 aliphatic heterocycles. The number of hydrogen-bond donors (Lipinski definition) is 0. The van der Waals surface area contributed by atoms with E-state index in [2.05, 4.69) is 40.1 Å². The molecule has 1 amide bonds. The van der Waals surface area contributed by atoms with Gasteiger partial charge in [0.15, 0.2) is 0 Å². The number of benzene rings is 1. The van der Waals surface area contributed by atoms with Crippen molar-refractivity contribution in [2.24, 2.45) is 12.5 Å². The van der Waals surface area contributed by atoms with Crippen molar-refractivity contribution in [3.63, 3.8) is 0 Å². The van der Waals surface area contributed by atoms with E-state index < -0.39 is 0 Å². The van der Waals surface area contributed by atoms with Crippen molar-refractivity contribution in [1.82, 2.24) is 14.4 Å². The zero-order chi connectivity index (χ0) is 19.1. The van der Waals surface area contributed by atoms with Crippen LogP contribution in [0, 0.1) is 5.41 Å². The highest BCUT2D eigenvalue weighted by Gasteiger charge is 2.46. The van der Waals surface area contributed by atoms with Crippen molar-refractivity contribution in [3.05, 3.63) is 59.9 Å². The smallest absolute Gasteiger partial charge is 0.270 e. The van der Waals surface area contributed by atoms with E-state index in [1.54, 1.807) is 0 Å². The first-order valence-electron chi connectivity index (χ1n) is 10.8. The Morgan fingerprint density at radius 1 is 1.04 bits per heavy atom. The van der Waals surface area contributed by atoms with Crippen LogP contribution in [0.15, 0.2) is 48.7 Å². The molecule has 0 N–H and O–H groups in total. The summed E-state index contributed by atoms with van der Waals surface area (Å²) in [4.78, 5) is 17.8. The fourth-order valence-electron chi connectivity index (χ4n) is 5.49. The lowest BCUT2D eigenvalue weighted by molar-refractivity contribution is 0.0108. The predicted molar refractivity (Wildman–Crippen MR) is 111 cm³/mol. The number of amides is 1. The summed E-state index contributed by atoms with van der Waals surface area (Å²) in [5.74, 6) is 0.822. The Hall–Kier alpha value is -2.07. The van der Waals surface area contributed by atoms with Crippen LogP contribution in [-0.4, -0.2) is 52.5 Å². The summed E-state index contributed by atoms with van der Waals surface area (Å²) in [5.41, 5.74) is 2.67. The van der Waals surface area contributed by atoms with Gasteiger partial charge in [-0.05, 0) is 61.1 Å². The number of hydrogen-bond acceptors (Lipinski definition) is 2. The van der Waals surface area contributed by atoms with Crippen LogP contribution in [0.4, 0.5) is 0 Å². The van der Waals surface area contributed by atoms with Crippen molar-refractivity contribution in [2.75, 3.05) is 26.2 Å². The van der Waals surface area contributed by atoms with E-state index in [0.717, 1.165) is 37.7 Å². The summed E-state index contributed by atoms with van der Waals surface area (Å²) in [7, 11) is 1.96. The number of piperidine rings is 2. The molecule has 1 spiro atoms. The summed E-state index contributed by atoms with van der Waals surface area (Å²) in [6.07, 6.45) is 8.24. The molecule has 0 radical (unpaired) electrons. The van der Waals surface area contributed by atoms with E-state index >= 15 is 0 Å². The van der Waals surface area contributed by atoms with Crippen LogP contribution in [-0.2, 0) is 7.05 Å². The van der Waals surface area contributed by atoms with Gasteiger partial charge >= 0.3 is 0 Å². The molecule has 0 bridgehead atoms. The van der Waals surface area contributed by atoms with Gasteiger partial charge in [0.25, 0.3) is 5.91 Å². The molecule has 1 unspecified atom stereocenters. The first kappa shape index (κ1) is 18.0. The van der Waals surface area contributed by atoms with Gasteiger partial charge < -0.3 is 9.47 Å². The molecule has 1 aliphatic carbocycles. The third-order valence-electron chi connectivity index (χ3n) is 7.28. The summed E-state index contributed by atoms with van der Waals surface area (Å²) in [6.45, 7) is 4.23. The van der Waals surface area contributed by atoms with Crippen molar-refractivity contribution < 1.29 is 4.79 Å². The normalized spacial score (nSPS) is 25.2. The molecule has 1 saturated carbocycles. The van der Waals surface area contributed by atoms with Gasteiger partial charge in [-0.1, -0.05) is 30.3 Å². The average Bonchev–Trinajstić information content (AvgIpc) is 3.49. The third-order valence-corrected chi connectivity index (χ3v) is 7.28. The monoisotopic (exact) mass is 377 g/mol. The number of carbonyl (C=O) groups is 1. The molecule has 1 aromatic carbocycles. The van der Waals surface area contributed by atoms with E-state index in [1.165, 1.54) is 37.9 Å². The quantitative estimate of drug-likeness (QED) is 0.812. The topological polar surface area (TPSA) is 28.5 Å². The molecule has 28 heavy (non-hydrogen) atoms. The van der Waals surface area contributed by atoms with Crippen LogP contribution in [0.5, 0.6) is 0 Å². The highest BCUT2D eigenvalue weighted by Crippen LogP contribution is 2.47. The van der Waals surface area contributed by atoms with E-state index in [4.69, 9.17) is 0 Å². The minimum atomic E-state index is 0.191. The molecule has 3 heterocycles. The number of likely N-dealkylation sites (tertiary alicyclic amines) is 2. The Morgan fingerprint density at radius 3 is 2.43 bits per heavy atom. The molecule has 2 aromatic rings. The maximum Gasteiger partial charge on any atom is 0.270 e. The molecule has 1 atom stereocenters. The minimum absolute atomic E-state index is 0.191. The Morgan fingerprint density at radius 2 is 1.79 bits per heavy atom. The summed E-state index contributed by atoms with van der Waals surface area (Å²) < 4.78 is 1.94. The van der Waals surface area contributed by atoms with Crippen LogP contribution < -0.4 is 0 Å². The molecule has 3 aliphatic rings. The van der Waals surface area contributed by atoms with E-state index in [-0.39, 0.29) is 5.91 Å². The lowest BCUT2D eigenvalue weighted by atomic mass is 9.68. The van der Waals surface area contributed by atoms with Gasteiger partial charge in [0.1, 0.15) is 5.69 Å². The van der Waals surface area contributed by atoms with Crippen LogP contribution in [0.1, 0.15) is 54.1 Å². The number of aryl methyl sites for hydroxylation is 1. The Labute approximate surface area is 168 Å². The predicted octanol–water partition coefficient (Wildman–Crippen LogP) is 3.90. The number of carbonyl (C=O) groups excluding carboxylic acids is 1. The summed E-state index contributed by atoms with van der Waals surface area (Å²) in [6, 6.07) is 15.8. The summed E-state index contributed by atoms with van der Waals surface area (Å²) >= 11 is 0. The van der Waals surface area contributed by atoms with Crippen molar-refractivity contribution in [3.8, 4) is 0 Å². The second kappa shape index (κ2) is 7.07. The lowest BCUT2D eigenvalue weighted by Gasteiger charge is -2.50. The van der Waals surface area contributed by atoms with E-state index in [1.807, 2.05) is 29.9 Å². The molecule has 4 heteroatoms. The molecule has 4 nitrogen and oxygen atoms in total. The minimum Gasteiger partial charge on any atom is -0.347 e. The Bertz CT molecular complexity index is 831. The first-order valence-corrected chi connectivity index (χ1v) is 10.8. The van der Waals surface area contributed by atoms with E-state index in [0.29, 0.717) is 11.3 Å². The van der Waals surface area contributed by atoms with Gasteiger partial charge in [0, 0.05) is 45.5 Å². The second-order valence-corrected chi connectivity index (χ2v) is 9.27. The first-order chi connectivity index (χ1) is 13.6. The number of aromatic nitrogens is 1. The zero-order valence-corrected chi connectivity index (χ0v) is 16.9. The molecular weight excluding hydrogens is 346 g/mol. The molecule has 3 fully saturated rings. The van der Waals surface area contributed by atoms with Gasteiger partial charge in [0.2, 0.25) is 0 Å². The fourth-order valence-corrected chi connectivity index (χ4v) is 5.49. The van der Waals surface area contributed by atoms with Gasteiger partial charge in [0.05, 0.1) is 0 Å². The molecule has 1 aromatic heterocycles. The third kappa shape index (κ3) is 3.39. The molecular formula is C24H31N3O. The van der Waals surface area contributed by atoms with Crippen LogP contribution >= 0.6 is 0 Å². The highest BCUT2D eigenvalue weighted by molar-refractivity contribution is 5.92. The summed E-state index contributed by atoms with van der Waals surface area (Å²) in [5, 5.41) is 0. The Kier molecular flexibility index (Phi) is 4.54. The van der Waals surface area contributed by atoms with Gasteiger partial charge in [-0.3, -0.25) is 9.69 Å². The second-order valence-electron chi connectivity index (χ2n) is 9.27. The molecule has 5 rings (SSSR count). The Balaban J connectivity index is 1.32. The zero-order valence-electron chi connectivity index (χ0n) is 16.9. The van der Waals surface area contributed by atoms with Gasteiger partial charge in [-0.25, -0.2) is 0 Å². The van der Waals surface area contributed by atoms with Crippen LogP contribution in [0.2, 0.25) is 0 Å². The van der Waals surface area contributed by atoms with Crippen molar-refractivity contribution >= 4 is 5.91 Å². The molecule has 2 saturated heterocycles. The van der Waals surface area contributed by atoms with Gasteiger partial charge in [-0.15, -0.1) is 0 Å². The lowest BCUT2D eigenvalue weighted by Crippen LogP contribution is -2.53. The van der Waals surface area contributed by atoms with Crippen LogP contribution in [0.3, 0.4) is 0 Å². The van der Waals surface area contributed by atoms with Crippen molar-refractivity contribution in [1.29, 1.82) is 0 Å². The van der Waals surface area contributed by atoms with Gasteiger partial charge in [-0.2, -0.15) is 0 Å². The highest BCUT2D eigenvalue weighted by atomic mass is 16.2. The van der Waals surface area contributed by atoms with Crippen molar-refractivity contribution in [2.45, 2.75) is 44.1 Å². The number of rotatable bonds is 3.